The number of amides is 3. The van der Waals surface area contributed by atoms with Crippen LogP contribution in [0.5, 0.6) is 0 Å². The summed E-state index contributed by atoms with van der Waals surface area (Å²) in [7, 11) is 0. The molecular weight excluding hydrogens is 612 g/mol. The first-order valence-corrected chi connectivity index (χ1v) is 16.5. The van der Waals surface area contributed by atoms with E-state index in [1.54, 1.807) is 43.6 Å². The lowest BCUT2D eigenvalue weighted by molar-refractivity contribution is -0.155. The number of aromatic nitrogens is 2. The van der Waals surface area contributed by atoms with Crippen LogP contribution >= 0.6 is 0 Å². The molecule has 254 valence electrons. The van der Waals surface area contributed by atoms with E-state index in [0.717, 1.165) is 12.0 Å². The Morgan fingerprint density at radius 1 is 0.917 bits per heavy atom. The van der Waals surface area contributed by atoms with Gasteiger partial charge in [0.05, 0.1) is 6.61 Å². The Balaban J connectivity index is 1.35. The molecule has 2 N–H and O–H groups in total. The van der Waals surface area contributed by atoms with E-state index >= 15 is 0 Å². The Kier molecular flexibility index (Phi) is 10.9. The molecule has 0 radical (unpaired) electrons. The molecule has 1 saturated heterocycles. The van der Waals surface area contributed by atoms with Crippen LogP contribution < -0.4 is 10.6 Å². The van der Waals surface area contributed by atoms with Crippen molar-refractivity contribution in [3.8, 4) is 11.4 Å². The third-order valence-electron chi connectivity index (χ3n) is 8.12. The summed E-state index contributed by atoms with van der Waals surface area (Å²) in [5, 5.41) is 6.32. The van der Waals surface area contributed by atoms with E-state index in [-0.39, 0.29) is 50.2 Å². The van der Waals surface area contributed by atoms with Crippen molar-refractivity contribution in [3.05, 3.63) is 78.0 Å². The molecule has 1 aromatic heterocycles. The Bertz CT molecular complexity index is 1590. The van der Waals surface area contributed by atoms with Gasteiger partial charge in [-0.15, -0.1) is 0 Å². The third kappa shape index (κ3) is 9.30. The van der Waals surface area contributed by atoms with Crippen LogP contribution in [0, 0.1) is 0 Å². The number of hydrogen-bond donors (Lipinski definition) is 2. The van der Waals surface area contributed by atoms with Gasteiger partial charge < -0.3 is 29.9 Å². The maximum absolute atomic E-state index is 13.9. The summed E-state index contributed by atoms with van der Waals surface area (Å²) < 4.78 is 10.6. The van der Waals surface area contributed by atoms with Gasteiger partial charge in [-0.2, -0.15) is 0 Å². The molecule has 2 aromatic carbocycles. The second-order valence-corrected chi connectivity index (χ2v) is 13.0. The number of benzene rings is 2. The maximum Gasteiger partial charge on any atom is 0.409 e. The van der Waals surface area contributed by atoms with Crippen molar-refractivity contribution < 1.29 is 28.7 Å². The third-order valence-corrected chi connectivity index (χ3v) is 8.12. The zero-order valence-electron chi connectivity index (χ0n) is 28.0. The van der Waals surface area contributed by atoms with E-state index in [2.05, 4.69) is 27.8 Å². The number of ether oxygens (including phenoxy) is 2. The number of carbonyl (C=O) groups excluding carboxylic acids is 4. The van der Waals surface area contributed by atoms with Crippen LogP contribution in [0.2, 0.25) is 0 Å². The normalized spacial score (nSPS) is 18.0. The van der Waals surface area contributed by atoms with Gasteiger partial charge in [0.25, 0.3) is 5.91 Å². The summed E-state index contributed by atoms with van der Waals surface area (Å²) in [6, 6.07) is 20.3. The van der Waals surface area contributed by atoms with Crippen LogP contribution in [0.1, 0.15) is 68.9 Å². The summed E-state index contributed by atoms with van der Waals surface area (Å²) in [6.45, 7) is 8.43. The molecule has 2 heterocycles. The highest BCUT2D eigenvalue weighted by atomic mass is 16.6. The van der Waals surface area contributed by atoms with E-state index in [0.29, 0.717) is 30.6 Å². The van der Waals surface area contributed by atoms with Crippen molar-refractivity contribution in [2.45, 2.75) is 70.6 Å². The number of piperazine rings is 1. The molecule has 12 nitrogen and oxygen atoms in total. The van der Waals surface area contributed by atoms with Crippen LogP contribution in [0.25, 0.3) is 11.4 Å². The van der Waals surface area contributed by atoms with E-state index in [1.165, 1.54) is 5.56 Å². The first-order valence-electron chi connectivity index (χ1n) is 16.5. The van der Waals surface area contributed by atoms with Gasteiger partial charge in [0.2, 0.25) is 5.91 Å². The van der Waals surface area contributed by atoms with Crippen molar-refractivity contribution in [3.63, 3.8) is 0 Å². The quantitative estimate of drug-likeness (QED) is 0.283. The molecule has 1 aliphatic heterocycles. The fraction of sp³-hybridized carbons (Fsp3) is 0.444. The van der Waals surface area contributed by atoms with E-state index < -0.39 is 29.6 Å². The van der Waals surface area contributed by atoms with Crippen LogP contribution in [-0.4, -0.2) is 94.1 Å². The molecule has 12 heteroatoms. The van der Waals surface area contributed by atoms with Gasteiger partial charge in [-0.05, 0) is 46.1 Å². The number of rotatable bonds is 11. The molecule has 1 aliphatic carbocycles. The van der Waals surface area contributed by atoms with Crippen molar-refractivity contribution in [1.29, 1.82) is 0 Å². The highest BCUT2D eigenvalue weighted by Gasteiger charge is 2.39. The summed E-state index contributed by atoms with van der Waals surface area (Å²) >= 11 is 0. The molecule has 0 spiro atoms. The summed E-state index contributed by atoms with van der Waals surface area (Å²) in [5.41, 5.74) is 1.37. The first-order chi connectivity index (χ1) is 23.0. The molecule has 3 atom stereocenters. The SMILES string of the molecule is CCOC(=O)N1CCN(C(=O)C(CCC(=O)OC(C)(C)C)NC(=O)c2cc(NC3CC3c3ccccc3)nc(-c3ccccc3)n2)CC1. The highest BCUT2D eigenvalue weighted by molar-refractivity contribution is 5.97. The van der Waals surface area contributed by atoms with E-state index in [1.807, 2.05) is 48.5 Å². The molecular formula is C36H44N6O6. The monoisotopic (exact) mass is 656 g/mol. The molecule has 3 amide bonds. The average molecular weight is 657 g/mol. The minimum atomic E-state index is -1.03. The predicted molar refractivity (Wildman–Crippen MR) is 180 cm³/mol. The highest BCUT2D eigenvalue weighted by Crippen LogP contribution is 2.42. The van der Waals surface area contributed by atoms with Crippen molar-refractivity contribution in [2.75, 3.05) is 38.1 Å². The number of esters is 1. The zero-order chi connectivity index (χ0) is 34.3. The number of anilines is 1. The van der Waals surface area contributed by atoms with E-state index in [4.69, 9.17) is 14.5 Å². The predicted octanol–water partition coefficient (Wildman–Crippen LogP) is 4.63. The lowest BCUT2D eigenvalue weighted by atomic mass is 10.1. The van der Waals surface area contributed by atoms with Crippen LogP contribution in [-0.2, 0) is 19.1 Å². The van der Waals surface area contributed by atoms with Gasteiger partial charge in [-0.25, -0.2) is 14.8 Å². The summed E-state index contributed by atoms with van der Waals surface area (Å²) in [5.74, 6) is -0.189. The Labute approximate surface area is 281 Å². The first kappa shape index (κ1) is 34.3. The van der Waals surface area contributed by atoms with Crippen molar-refractivity contribution in [1.82, 2.24) is 25.1 Å². The van der Waals surface area contributed by atoms with Gasteiger partial charge in [0.15, 0.2) is 5.82 Å². The second-order valence-electron chi connectivity index (χ2n) is 13.0. The fourth-order valence-electron chi connectivity index (χ4n) is 5.66. The summed E-state index contributed by atoms with van der Waals surface area (Å²) in [4.78, 5) is 65.0. The summed E-state index contributed by atoms with van der Waals surface area (Å²) in [6.07, 6.45) is 0.453. The average Bonchev–Trinajstić information content (AvgIpc) is 3.85. The fourth-order valence-corrected chi connectivity index (χ4v) is 5.66. The number of nitrogens with one attached hydrogen (secondary N) is 2. The van der Waals surface area contributed by atoms with Gasteiger partial charge in [0, 0.05) is 56.2 Å². The molecule has 0 bridgehead atoms. The van der Waals surface area contributed by atoms with Crippen LogP contribution in [0.15, 0.2) is 66.7 Å². The molecule has 5 rings (SSSR count). The Morgan fingerprint density at radius 2 is 1.56 bits per heavy atom. The number of carbonyl (C=O) groups is 4. The van der Waals surface area contributed by atoms with Gasteiger partial charge in [-0.3, -0.25) is 14.4 Å². The molecule has 3 unspecified atom stereocenters. The molecule has 48 heavy (non-hydrogen) atoms. The van der Waals surface area contributed by atoms with Crippen molar-refractivity contribution >= 4 is 29.7 Å². The lowest BCUT2D eigenvalue weighted by Crippen LogP contribution is -2.56. The van der Waals surface area contributed by atoms with Gasteiger partial charge >= 0.3 is 12.1 Å². The maximum atomic E-state index is 13.9. The number of nitrogens with zero attached hydrogens (tertiary/aromatic N) is 4. The smallest absolute Gasteiger partial charge is 0.409 e. The minimum Gasteiger partial charge on any atom is -0.460 e. The number of hydrogen-bond acceptors (Lipinski definition) is 9. The Morgan fingerprint density at radius 3 is 2.21 bits per heavy atom. The standard InChI is InChI=1S/C36H44N6O6/c1-5-47-35(46)42-20-18-41(19-21-42)34(45)27(16-17-31(43)48-36(2,3)4)39-33(44)29-23-30(40-32(38-29)25-14-10-7-11-15-25)37-28-22-26(28)24-12-8-6-9-13-24/h6-15,23,26-28H,5,16-22H2,1-4H3,(H,39,44)(H,37,38,40). The molecule has 1 saturated carbocycles. The molecule has 2 aliphatic rings. The van der Waals surface area contributed by atoms with Crippen LogP contribution in [0.4, 0.5) is 10.6 Å². The van der Waals surface area contributed by atoms with Crippen molar-refractivity contribution in [2.24, 2.45) is 0 Å². The zero-order valence-corrected chi connectivity index (χ0v) is 28.0. The second kappa shape index (κ2) is 15.3. The Hall–Kier alpha value is -5.00. The molecule has 2 fully saturated rings. The van der Waals surface area contributed by atoms with Gasteiger partial charge in [0.1, 0.15) is 23.2 Å². The topological polar surface area (TPSA) is 143 Å². The van der Waals surface area contributed by atoms with Crippen LogP contribution in [0.3, 0.4) is 0 Å². The molecule has 3 aromatic rings. The lowest BCUT2D eigenvalue weighted by Gasteiger charge is -2.36. The minimum absolute atomic E-state index is 0.0279. The van der Waals surface area contributed by atoms with E-state index in [9.17, 15) is 19.2 Å². The van der Waals surface area contributed by atoms with Gasteiger partial charge in [-0.1, -0.05) is 60.7 Å². The largest absolute Gasteiger partial charge is 0.460 e.